The number of ether oxygens (including phenoxy) is 2. The number of hydrogen-bond acceptors (Lipinski definition) is 4. The summed E-state index contributed by atoms with van der Waals surface area (Å²) in [5.41, 5.74) is -0.0255. The number of methoxy groups -OCH3 is 1. The maximum atomic E-state index is 12.4. The molecule has 0 radical (unpaired) electrons. The zero-order valence-electron chi connectivity index (χ0n) is 35.7. The van der Waals surface area contributed by atoms with Crippen LogP contribution in [0.4, 0.5) is 0 Å². The molecular weight excluding hydrogens is 651 g/mol. The van der Waals surface area contributed by atoms with Gasteiger partial charge < -0.3 is 9.47 Å². The van der Waals surface area contributed by atoms with Gasteiger partial charge in [-0.25, -0.2) is 0 Å². The smallest absolute Gasteiger partial charge is 0.320 e. The molecule has 0 amide bonds. The van der Waals surface area contributed by atoms with Crippen LogP contribution in [0.25, 0.3) is 0 Å². The fourth-order valence-electron chi connectivity index (χ4n) is 7.63. The number of likely N-dealkylation sites (tertiary alicyclic amines) is 1. The summed E-state index contributed by atoms with van der Waals surface area (Å²) in [5.74, 6) is -0.0485. The summed E-state index contributed by atoms with van der Waals surface area (Å²) >= 11 is 0. The quantitative estimate of drug-likeness (QED) is 0.0359. The summed E-state index contributed by atoms with van der Waals surface area (Å²) < 4.78 is 12.0. The van der Waals surface area contributed by atoms with Gasteiger partial charge in [0.05, 0.1) is 18.8 Å². The number of allylic oxidation sites excluding steroid dienone is 8. The van der Waals surface area contributed by atoms with Crippen LogP contribution in [0, 0.1) is 0 Å². The lowest BCUT2D eigenvalue weighted by Crippen LogP contribution is -2.35. The predicted octanol–water partition coefficient (Wildman–Crippen LogP) is 15.0. The lowest BCUT2D eigenvalue weighted by atomic mass is 9.85. The van der Waals surface area contributed by atoms with Gasteiger partial charge in [-0.15, -0.1) is 0 Å². The van der Waals surface area contributed by atoms with Gasteiger partial charge in [-0.2, -0.15) is 0 Å². The first-order chi connectivity index (χ1) is 26.2. The molecule has 4 heteroatoms. The number of hydrogen-bond donors (Lipinski definition) is 0. The van der Waals surface area contributed by atoms with Gasteiger partial charge in [0.25, 0.3) is 0 Å². The van der Waals surface area contributed by atoms with Crippen LogP contribution in [-0.2, 0) is 14.3 Å². The Labute approximate surface area is 331 Å². The van der Waals surface area contributed by atoms with Crippen molar-refractivity contribution in [2.75, 3.05) is 33.4 Å². The lowest BCUT2D eigenvalue weighted by Gasteiger charge is -2.33. The van der Waals surface area contributed by atoms with Crippen LogP contribution in [0.1, 0.15) is 219 Å². The van der Waals surface area contributed by atoms with Crippen LogP contribution >= 0.6 is 0 Å². The summed E-state index contributed by atoms with van der Waals surface area (Å²) in [6, 6.07) is 0. The van der Waals surface area contributed by atoms with E-state index in [-0.39, 0.29) is 11.6 Å². The Morgan fingerprint density at radius 2 is 0.906 bits per heavy atom. The van der Waals surface area contributed by atoms with Crippen LogP contribution in [0.15, 0.2) is 48.6 Å². The van der Waals surface area contributed by atoms with Crippen LogP contribution in [0.5, 0.6) is 0 Å². The Hall–Kier alpha value is -1.65. The van der Waals surface area contributed by atoms with E-state index in [0.29, 0.717) is 13.2 Å². The molecule has 1 aliphatic heterocycles. The summed E-state index contributed by atoms with van der Waals surface area (Å²) in [5, 5.41) is 0. The van der Waals surface area contributed by atoms with E-state index in [0.717, 1.165) is 58.0 Å². The van der Waals surface area contributed by atoms with E-state index in [1.807, 2.05) is 7.11 Å². The average Bonchev–Trinajstić information content (AvgIpc) is 3.17. The monoisotopic (exact) mass is 740 g/mol. The number of piperidine rings is 1. The minimum absolute atomic E-state index is 0.0255. The molecule has 1 aliphatic rings. The third-order valence-corrected chi connectivity index (χ3v) is 11.2. The highest BCUT2D eigenvalue weighted by Gasteiger charge is 2.28. The van der Waals surface area contributed by atoms with Crippen molar-refractivity contribution in [2.45, 2.75) is 225 Å². The second kappa shape index (κ2) is 38.6. The van der Waals surface area contributed by atoms with Gasteiger partial charge in [-0.3, -0.25) is 9.69 Å². The first-order valence-corrected chi connectivity index (χ1v) is 23.2. The Morgan fingerprint density at radius 3 is 1.34 bits per heavy atom. The molecule has 1 rings (SSSR count). The van der Waals surface area contributed by atoms with Gasteiger partial charge in [0.1, 0.15) is 0 Å². The first-order valence-electron chi connectivity index (χ1n) is 23.2. The van der Waals surface area contributed by atoms with E-state index in [2.05, 4.69) is 67.4 Å². The van der Waals surface area contributed by atoms with Crippen molar-refractivity contribution in [3.63, 3.8) is 0 Å². The molecule has 0 atom stereocenters. The lowest BCUT2D eigenvalue weighted by molar-refractivity contribution is -0.145. The molecule has 0 aliphatic carbocycles. The van der Waals surface area contributed by atoms with E-state index >= 15 is 0 Å². The topological polar surface area (TPSA) is 38.8 Å². The minimum atomic E-state index is -0.0485. The highest BCUT2D eigenvalue weighted by atomic mass is 16.5. The van der Waals surface area contributed by atoms with Gasteiger partial charge in [0.2, 0.25) is 0 Å². The third kappa shape index (κ3) is 32.3. The molecule has 0 N–H and O–H groups in total. The van der Waals surface area contributed by atoms with Crippen molar-refractivity contribution in [3.8, 4) is 0 Å². The summed E-state index contributed by atoms with van der Waals surface area (Å²) in [4.78, 5) is 14.6. The zero-order valence-corrected chi connectivity index (χ0v) is 35.7. The molecular formula is C49H89NO3. The van der Waals surface area contributed by atoms with E-state index in [4.69, 9.17) is 9.47 Å². The Morgan fingerprint density at radius 1 is 0.509 bits per heavy atom. The zero-order chi connectivity index (χ0) is 38.2. The van der Waals surface area contributed by atoms with Gasteiger partial charge in [0, 0.05) is 7.11 Å². The van der Waals surface area contributed by atoms with Crippen molar-refractivity contribution in [1.29, 1.82) is 0 Å². The van der Waals surface area contributed by atoms with Gasteiger partial charge in [-0.05, 0) is 122 Å². The molecule has 0 unspecified atom stereocenters. The molecule has 0 aromatic rings. The maximum absolute atomic E-state index is 12.4. The number of esters is 1. The highest BCUT2D eigenvalue weighted by molar-refractivity contribution is 5.71. The van der Waals surface area contributed by atoms with Gasteiger partial charge >= 0.3 is 5.97 Å². The number of unbranched alkanes of at least 4 members (excludes halogenated alkanes) is 19. The fourth-order valence-corrected chi connectivity index (χ4v) is 7.63. The minimum Gasteiger partial charge on any atom is -0.465 e. The largest absolute Gasteiger partial charge is 0.465 e. The second-order valence-electron chi connectivity index (χ2n) is 16.1. The number of rotatable bonds is 38. The Balaban J connectivity index is 2.31. The van der Waals surface area contributed by atoms with Crippen molar-refractivity contribution in [2.24, 2.45) is 0 Å². The highest BCUT2D eigenvalue weighted by Crippen LogP contribution is 2.32. The van der Waals surface area contributed by atoms with Crippen molar-refractivity contribution in [1.82, 2.24) is 4.90 Å². The van der Waals surface area contributed by atoms with Crippen LogP contribution in [0.2, 0.25) is 0 Å². The van der Waals surface area contributed by atoms with Crippen molar-refractivity contribution < 1.29 is 14.3 Å². The predicted molar refractivity (Wildman–Crippen MR) is 233 cm³/mol. The molecule has 1 saturated heterocycles. The standard InChI is InChI=1S/C49H89NO3/c1-4-6-8-10-12-14-16-18-20-22-24-26-28-30-32-35-41-49(52-3,43-37-40-46-53-48(51)47-50-44-38-34-39-45-50)42-36-33-31-29-27-25-23-21-19-17-15-13-11-9-7-5-2/h12-15,18-21H,4-11,16-17,22-47H2,1-3H3/b14-12-,15-13-,20-18-,21-19-. The summed E-state index contributed by atoms with van der Waals surface area (Å²) in [7, 11) is 1.95. The van der Waals surface area contributed by atoms with Crippen molar-refractivity contribution in [3.05, 3.63) is 48.6 Å². The molecule has 0 bridgehead atoms. The first kappa shape index (κ1) is 49.4. The van der Waals surface area contributed by atoms with E-state index in [1.54, 1.807) is 0 Å². The molecule has 1 fully saturated rings. The van der Waals surface area contributed by atoms with E-state index in [1.165, 1.54) is 161 Å². The normalized spacial score (nSPS) is 14.5. The molecule has 308 valence electrons. The average molecular weight is 740 g/mol. The molecule has 0 aromatic heterocycles. The molecule has 0 aromatic carbocycles. The molecule has 1 heterocycles. The summed E-state index contributed by atoms with van der Waals surface area (Å²) in [6.07, 6.45) is 58.8. The second-order valence-corrected chi connectivity index (χ2v) is 16.1. The summed E-state index contributed by atoms with van der Waals surface area (Å²) in [6.45, 7) is 7.61. The van der Waals surface area contributed by atoms with Crippen LogP contribution in [-0.4, -0.2) is 49.8 Å². The van der Waals surface area contributed by atoms with Gasteiger partial charge in [-0.1, -0.05) is 159 Å². The SMILES string of the molecule is CCCCC/C=C\C/C=C\CCCCCCCCC(CCCCCCCC/C=C\C/C=C\CCCCC)(CCCCOC(=O)CN1CCCCC1)OC. The fraction of sp³-hybridized carbons (Fsp3) is 0.816. The Kier molecular flexibility index (Phi) is 36.0. The maximum Gasteiger partial charge on any atom is 0.320 e. The number of carbonyl (C=O) groups excluding carboxylic acids is 1. The van der Waals surface area contributed by atoms with Crippen LogP contribution in [0.3, 0.4) is 0 Å². The van der Waals surface area contributed by atoms with E-state index in [9.17, 15) is 4.79 Å². The third-order valence-electron chi connectivity index (χ3n) is 11.2. The molecule has 0 spiro atoms. The number of nitrogens with zero attached hydrogens (tertiary/aromatic N) is 1. The van der Waals surface area contributed by atoms with E-state index < -0.39 is 0 Å². The van der Waals surface area contributed by atoms with Gasteiger partial charge in [0.15, 0.2) is 0 Å². The Bertz CT molecular complexity index is 851. The molecule has 53 heavy (non-hydrogen) atoms. The molecule has 0 saturated carbocycles. The molecule has 4 nitrogen and oxygen atoms in total. The number of carbonyl (C=O) groups is 1. The van der Waals surface area contributed by atoms with Crippen molar-refractivity contribution >= 4 is 5.97 Å². The van der Waals surface area contributed by atoms with Crippen LogP contribution < -0.4 is 0 Å².